The molecule has 0 unspecified atom stereocenters. The van der Waals surface area contributed by atoms with Crippen LogP contribution in [-0.2, 0) is 6.54 Å². The number of nitrogens with zero attached hydrogens (tertiary/aromatic N) is 4. The third kappa shape index (κ3) is 2.97. The highest BCUT2D eigenvalue weighted by molar-refractivity contribution is 5.60. The first-order valence-corrected chi connectivity index (χ1v) is 5.92. The van der Waals surface area contributed by atoms with Crippen LogP contribution in [0.1, 0.15) is 17.1 Å². The first-order valence-electron chi connectivity index (χ1n) is 5.92. The van der Waals surface area contributed by atoms with Gasteiger partial charge in [-0.05, 0) is 26.0 Å². The standard InChI is InChI=1S/C12H14N6O2/c1-7-4-3-5-9(15-7)6-14-11-10(18(19)20)8(2)16-12(13)17-11/h3-5H,6H2,1-2H3,(H3,13,14,16,17). The van der Waals surface area contributed by atoms with Gasteiger partial charge in [0.1, 0.15) is 5.69 Å². The second-order valence-electron chi connectivity index (χ2n) is 4.25. The number of nitrogens with two attached hydrogens (primary N) is 1. The molecule has 2 aromatic rings. The minimum atomic E-state index is -0.527. The third-order valence-corrected chi connectivity index (χ3v) is 2.64. The van der Waals surface area contributed by atoms with E-state index in [0.717, 1.165) is 11.4 Å². The molecule has 0 bridgehead atoms. The fourth-order valence-corrected chi connectivity index (χ4v) is 1.80. The smallest absolute Gasteiger partial charge is 0.332 e. The molecule has 2 aromatic heterocycles. The Balaban J connectivity index is 2.27. The van der Waals surface area contributed by atoms with E-state index in [2.05, 4.69) is 20.3 Å². The number of hydrogen-bond acceptors (Lipinski definition) is 7. The summed E-state index contributed by atoms with van der Waals surface area (Å²) in [6.07, 6.45) is 0. The number of aromatic nitrogens is 3. The van der Waals surface area contributed by atoms with Crippen molar-refractivity contribution >= 4 is 17.5 Å². The van der Waals surface area contributed by atoms with Crippen LogP contribution in [0.5, 0.6) is 0 Å². The number of anilines is 2. The Morgan fingerprint density at radius 1 is 1.30 bits per heavy atom. The molecule has 8 nitrogen and oxygen atoms in total. The van der Waals surface area contributed by atoms with Crippen LogP contribution in [0, 0.1) is 24.0 Å². The predicted octanol–water partition coefficient (Wildman–Crippen LogP) is 1.59. The molecule has 0 aliphatic heterocycles. The zero-order valence-corrected chi connectivity index (χ0v) is 11.1. The lowest BCUT2D eigenvalue weighted by atomic mass is 10.3. The van der Waals surface area contributed by atoms with Crippen molar-refractivity contribution in [3.63, 3.8) is 0 Å². The molecule has 0 saturated heterocycles. The van der Waals surface area contributed by atoms with E-state index in [4.69, 9.17) is 5.73 Å². The average molecular weight is 274 g/mol. The highest BCUT2D eigenvalue weighted by Crippen LogP contribution is 2.25. The van der Waals surface area contributed by atoms with Gasteiger partial charge in [0.15, 0.2) is 0 Å². The SMILES string of the molecule is Cc1cccc(CNc2nc(N)nc(C)c2[N+](=O)[O-])n1. The topological polar surface area (TPSA) is 120 Å². The summed E-state index contributed by atoms with van der Waals surface area (Å²) in [5.74, 6) is 0.0936. The summed E-state index contributed by atoms with van der Waals surface area (Å²) in [5.41, 5.74) is 7.20. The molecule has 20 heavy (non-hydrogen) atoms. The van der Waals surface area contributed by atoms with Gasteiger partial charge in [0, 0.05) is 5.69 Å². The number of hydrogen-bond donors (Lipinski definition) is 2. The molecule has 0 amide bonds. The van der Waals surface area contributed by atoms with Crippen LogP contribution in [0.4, 0.5) is 17.5 Å². The Morgan fingerprint density at radius 3 is 2.70 bits per heavy atom. The van der Waals surface area contributed by atoms with Crippen molar-refractivity contribution in [1.82, 2.24) is 15.0 Å². The zero-order chi connectivity index (χ0) is 14.7. The molecule has 0 aliphatic rings. The molecule has 0 spiro atoms. The highest BCUT2D eigenvalue weighted by atomic mass is 16.6. The van der Waals surface area contributed by atoms with Gasteiger partial charge in [0.05, 0.1) is 17.2 Å². The maximum absolute atomic E-state index is 11.0. The molecule has 0 radical (unpaired) electrons. The number of aryl methyl sites for hydroxylation is 2. The van der Waals surface area contributed by atoms with Crippen LogP contribution in [0.15, 0.2) is 18.2 Å². The van der Waals surface area contributed by atoms with E-state index in [1.165, 1.54) is 6.92 Å². The van der Waals surface area contributed by atoms with Crippen LogP contribution < -0.4 is 11.1 Å². The van der Waals surface area contributed by atoms with Gasteiger partial charge in [-0.2, -0.15) is 4.98 Å². The van der Waals surface area contributed by atoms with E-state index in [1.54, 1.807) is 0 Å². The maximum atomic E-state index is 11.0. The van der Waals surface area contributed by atoms with E-state index < -0.39 is 4.92 Å². The molecule has 2 rings (SSSR count). The van der Waals surface area contributed by atoms with Crippen molar-refractivity contribution in [2.24, 2.45) is 0 Å². The summed E-state index contributed by atoms with van der Waals surface area (Å²) in [4.78, 5) is 22.5. The first-order chi connectivity index (χ1) is 9.47. The summed E-state index contributed by atoms with van der Waals surface area (Å²) in [7, 11) is 0. The largest absolute Gasteiger partial charge is 0.368 e. The molecular formula is C12H14N6O2. The van der Waals surface area contributed by atoms with Crippen molar-refractivity contribution in [2.45, 2.75) is 20.4 Å². The maximum Gasteiger partial charge on any atom is 0.332 e. The van der Waals surface area contributed by atoms with Gasteiger partial charge in [-0.25, -0.2) is 4.98 Å². The second kappa shape index (κ2) is 5.47. The lowest BCUT2D eigenvalue weighted by molar-refractivity contribution is -0.385. The summed E-state index contributed by atoms with van der Waals surface area (Å²) >= 11 is 0. The van der Waals surface area contributed by atoms with Crippen molar-refractivity contribution in [2.75, 3.05) is 11.1 Å². The van der Waals surface area contributed by atoms with E-state index in [-0.39, 0.29) is 23.1 Å². The molecular weight excluding hydrogens is 260 g/mol. The molecule has 0 aromatic carbocycles. The molecule has 8 heteroatoms. The number of nitrogens with one attached hydrogen (secondary N) is 1. The Labute approximate surface area is 115 Å². The lowest BCUT2D eigenvalue weighted by Gasteiger charge is -2.08. The van der Waals surface area contributed by atoms with E-state index in [0.29, 0.717) is 6.54 Å². The minimum Gasteiger partial charge on any atom is -0.368 e. The van der Waals surface area contributed by atoms with Crippen LogP contribution >= 0.6 is 0 Å². The van der Waals surface area contributed by atoms with Gasteiger partial charge >= 0.3 is 5.69 Å². The average Bonchev–Trinajstić information content (AvgIpc) is 2.35. The van der Waals surface area contributed by atoms with Gasteiger partial charge in [-0.15, -0.1) is 0 Å². The van der Waals surface area contributed by atoms with Gasteiger partial charge in [-0.1, -0.05) is 6.07 Å². The Hall–Kier alpha value is -2.77. The fraction of sp³-hybridized carbons (Fsp3) is 0.250. The van der Waals surface area contributed by atoms with Crippen LogP contribution in [0.2, 0.25) is 0 Å². The Kier molecular flexibility index (Phi) is 3.74. The van der Waals surface area contributed by atoms with Crippen LogP contribution in [-0.4, -0.2) is 19.9 Å². The highest BCUT2D eigenvalue weighted by Gasteiger charge is 2.21. The molecule has 3 N–H and O–H groups in total. The molecule has 104 valence electrons. The number of nitrogen functional groups attached to an aromatic ring is 1. The monoisotopic (exact) mass is 274 g/mol. The minimum absolute atomic E-state index is 0.00667. The number of rotatable bonds is 4. The van der Waals surface area contributed by atoms with E-state index in [9.17, 15) is 10.1 Å². The van der Waals surface area contributed by atoms with E-state index >= 15 is 0 Å². The van der Waals surface area contributed by atoms with Crippen molar-refractivity contribution in [3.05, 3.63) is 45.4 Å². The van der Waals surface area contributed by atoms with Gasteiger partial charge in [0.25, 0.3) is 0 Å². The third-order valence-electron chi connectivity index (χ3n) is 2.64. The van der Waals surface area contributed by atoms with Crippen molar-refractivity contribution in [1.29, 1.82) is 0 Å². The second-order valence-corrected chi connectivity index (χ2v) is 4.25. The van der Waals surface area contributed by atoms with Gasteiger partial charge < -0.3 is 11.1 Å². The summed E-state index contributed by atoms with van der Waals surface area (Å²) in [6, 6.07) is 5.56. The lowest BCUT2D eigenvalue weighted by Crippen LogP contribution is -2.10. The molecule has 0 saturated carbocycles. The summed E-state index contributed by atoms with van der Waals surface area (Å²) in [6.45, 7) is 3.71. The first kappa shape index (κ1) is 13.7. The quantitative estimate of drug-likeness (QED) is 0.641. The normalized spacial score (nSPS) is 10.3. The fourth-order valence-electron chi connectivity index (χ4n) is 1.80. The number of nitro groups is 1. The van der Waals surface area contributed by atoms with Crippen molar-refractivity contribution in [3.8, 4) is 0 Å². The van der Waals surface area contributed by atoms with Crippen LogP contribution in [0.25, 0.3) is 0 Å². The van der Waals surface area contributed by atoms with Gasteiger partial charge in [0.2, 0.25) is 11.8 Å². The Morgan fingerprint density at radius 2 is 2.05 bits per heavy atom. The molecule has 0 atom stereocenters. The number of pyridine rings is 1. The molecule has 0 fully saturated rings. The zero-order valence-electron chi connectivity index (χ0n) is 11.1. The van der Waals surface area contributed by atoms with E-state index in [1.807, 2.05) is 25.1 Å². The molecule has 0 aliphatic carbocycles. The predicted molar refractivity (Wildman–Crippen MR) is 74.1 cm³/mol. The summed E-state index contributed by atoms with van der Waals surface area (Å²) in [5, 5.41) is 13.9. The Bertz CT molecular complexity index is 658. The summed E-state index contributed by atoms with van der Waals surface area (Å²) < 4.78 is 0. The van der Waals surface area contributed by atoms with Gasteiger partial charge in [-0.3, -0.25) is 15.1 Å². The van der Waals surface area contributed by atoms with Crippen molar-refractivity contribution < 1.29 is 4.92 Å². The van der Waals surface area contributed by atoms with Crippen LogP contribution in [0.3, 0.4) is 0 Å². The molecule has 2 heterocycles.